The molecule has 1 aromatic rings. The summed E-state index contributed by atoms with van der Waals surface area (Å²) < 4.78 is 0. The van der Waals surface area contributed by atoms with Crippen LogP contribution in [0.15, 0.2) is 18.2 Å². The Labute approximate surface area is 158 Å². The Morgan fingerprint density at radius 3 is 2.12 bits per heavy atom. The highest BCUT2D eigenvalue weighted by Crippen LogP contribution is 2.32. The number of amides is 2. The zero-order valence-corrected chi connectivity index (χ0v) is 15.7. The van der Waals surface area contributed by atoms with Crippen LogP contribution in [0, 0.1) is 11.8 Å². The molecule has 0 saturated heterocycles. The molecule has 2 amide bonds. The molecule has 0 atom stereocenters. The maximum atomic E-state index is 12.5. The summed E-state index contributed by atoms with van der Waals surface area (Å²) >= 11 is 12.1. The first kappa shape index (κ1) is 18.5. The second kappa shape index (κ2) is 8.41. The molecule has 0 aromatic heterocycles. The fourth-order valence-electron chi connectivity index (χ4n) is 3.84. The number of rotatable bonds is 4. The first-order valence-corrected chi connectivity index (χ1v) is 9.85. The van der Waals surface area contributed by atoms with Crippen molar-refractivity contribution in [3.05, 3.63) is 28.2 Å². The van der Waals surface area contributed by atoms with Crippen molar-refractivity contribution in [2.24, 2.45) is 11.8 Å². The average molecular weight is 383 g/mol. The maximum absolute atomic E-state index is 12.5. The van der Waals surface area contributed by atoms with E-state index in [0.717, 1.165) is 38.5 Å². The van der Waals surface area contributed by atoms with Crippen LogP contribution in [0.5, 0.6) is 0 Å². The first-order chi connectivity index (χ1) is 12.0. The quantitative estimate of drug-likeness (QED) is 0.785. The normalized spacial score (nSPS) is 24.1. The van der Waals surface area contributed by atoms with Crippen molar-refractivity contribution in [1.29, 1.82) is 0 Å². The summed E-state index contributed by atoms with van der Waals surface area (Å²) in [6.07, 6.45) is 7.61. The smallest absolute Gasteiger partial charge is 0.227 e. The Bertz CT molecular complexity index is 636. The number of anilines is 1. The van der Waals surface area contributed by atoms with Crippen LogP contribution in [0.4, 0.5) is 5.69 Å². The summed E-state index contributed by atoms with van der Waals surface area (Å²) in [6.45, 7) is 0. The monoisotopic (exact) mass is 382 g/mol. The molecule has 3 rings (SSSR count). The SMILES string of the molecule is O=C(Nc1cc(Cl)ccc1Cl)C1CCC(C(=O)NC2CCCC2)CC1. The van der Waals surface area contributed by atoms with Gasteiger partial charge < -0.3 is 10.6 Å². The molecular weight excluding hydrogens is 359 g/mol. The first-order valence-electron chi connectivity index (χ1n) is 9.09. The van der Waals surface area contributed by atoms with Crippen molar-refractivity contribution >= 4 is 40.7 Å². The van der Waals surface area contributed by atoms with Gasteiger partial charge in [-0.2, -0.15) is 0 Å². The average Bonchev–Trinajstić information content (AvgIpc) is 3.11. The number of benzene rings is 1. The van der Waals surface area contributed by atoms with E-state index in [4.69, 9.17) is 23.2 Å². The fraction of sp³-hybridized carbons (Fsp3) is 0.579. The number of carbonyl (C=O) groups excluding carboxylic acids is 2. The van der Waals surface area contributed by atoms with Gasteiger partial charge in [0, 0.05) is 22.9 Å². The van der Waals surface area contributed by atoms with Crippen LogP contribution in [0.1, 0.15) is 51.4 Å². The van der Waals surface area contributed by atoms with Crippen LogP contribution in [0.25, 0.3) is 0 Å². The molecule has 2 aliphatic rings. The molecule has 2 saturated carbocycles. The van der Waals surface area contributed by atoms with E-state index >= 15 is 0 Å². The van der Waals surface area contributed by atoms with Gasteiger partial charge in [0.1, 0.15) is 0 Å². The lowest BCUT2D eigenvalue weighted by molar-refractivity contribution is -0.129. The zero-order valence-electron chi connectivity index (χ0n) is 14.2. The van der Waals surface area contributed by atoms with Crippen LogP contribution < -0.4 is 10.6 Å². The Hall–Kier alpha value is -1.26. The number of nitrogens with one attached hydrogen (secondary N) is 2. The third kappa shape index (κ3) is 4.89. The van der Waals surface area contributed by atoms with Crippen LogP contribution >= 0.6 is 23.2 Å². The molecule has 2 aliphatic carbocycles. The van der Waals surface area contributed by atoms with E-state index in [1.54, 1.807) is 18.2 Å². The van der Waals surface area contributed by atoms with Crippen molar-refractivity contribution in [3.63, 3.8) is 0 Å². The molecule has 0 unspecified atom stereocenters. The van der Waals surface area contributed by atoms with E-state index in [-0.39, 0.29) is 23.7 Å². The molecule has 0 heterocycles. The topological polar surface area (TPSA) is 58.2 Å². The molecule has 2 N–H and O–H groups in total. The Morgan fingerprint density at radius 1 is 0.880 bits per heavy atom. The largest absolute Gasteiger partial charge is 0.353 e. The van der Waals surface area contributed by atoms with Crippen LogP contribution in [-0.4, -0.2) is 17.9 Å². The zero-order chi connectivity index (χ0) is 17.8. The summed E-state index contributed by atoms with van der Waals surface area (Å²) in [4.78, 5) is 24.8. The van der Waals surface area contributed by atoms with Gasteiger partial charge in [-0.3, -0.25) is 9.59 Å². The third-order valence-electron chi connectivity index (χ3n) is 5.36. The van der Waals surface area contributed by atoms with Crippen molar-refractivity contribution < 1.29 is 9.59 Å². The van der Waals surface area contributed by atoms with E-state index in [9.17, 15) is 9.59 Å². The van der Waals surface area contributed by atoms with E-state index in [1.807, 2.05) is 0 Å². The number of halogens is 2. The summed E-state index contributed by atoms with van der Waals surface area (Å²) in [6, 6.07) is 5.37. The van der Waals surface area contributed by atoms with Crippen molar-refractivity contribution in [3.8, 4) is 0 Å². The molecule has 136 valence electrons. The minimum Gasteiger partial charge on any atom is -0.353 e. The fourth-order valence-corrected chi connectivity index (χ4v) is 4.17. The van der Waals surface area contributed by atoms with Crippen molar-refractivity contribution in [1.82, 2.24) is 5.32 Å². The van der Waals surface area contributed by atoms with E-state index in [0.29, 0.717) is 21.8 Å². The molecule has 0 bridgehead atoms. The molecule has 2 fully saturated rings. The highest BCUT2D eigenvalue weighted by molar-refractivity contribution is 6.35. The lowest BCUT2D eigenvalue weighted by Crippen LogP contribution is -2.39. The van der Waals surface area contributed by atoms with Gasteiger partial charge in [0.05, 0.1) is 10.7 Å². The van der Waals surface area contributed by atoms with Crippen molar-refractivity contribution in [2.75, 3.05) is 5.32 Å². The molecular formula is C19H24Cl2N2O2. The van der Waals surface area contributed by atoms with Crippen molar-refractivity contribution in [2.45, 2.75) is 57.4 Å². The Kier molecular flexibility index (Phi) is 6.24. The second-order valence-corrected chi connectivity index (χ2v) is 8.00. The summed E-state index contributed by atoms with van der Waals surface area (Å²) in [5.41, 5.74) is 0.542. The lowest BCUT2D eigenvalue weighted by Gasteiger charge is -2.28. The van der Waals surface area contributed by atoms with Gasteiger partial charge in [-0.25, -0.2) is 0 Å². The van der Waals surface area contributed by atoms with Gasteiger partial charge in [-0.05, 0) is 56.7 Å². The lowest BCUT2D eigenvalue weighted by atomic mass is 9.81. The van der Waals surface area contributed by atoms with Gasteiger partial charge in [0.2, 0.25) is 11.8 Å². The summed E-state index contributed by atoms with van der Waals surface area (Å²) in [5.74, 6) is 0.0902. The Morgan fingerprint density at radius 2 is 1.48 bits per heavy atom. The molecule has 0 aliphatic heterocycles. The molecule has 0 radical (unpaired) electrons. The molecule has 0 spiro atoms. The minimum absolute atomic E-state index is 0.0411. The minimum atomic E-state index is -0.0782. The van der Waals surface area contributed by atoms with E-state index in [2.05, 4.69) is 10.6 Å². The molecule has 4 nitrogen and oxygen atoms in total. The number of carbonyl (C=O) groups is 2. The summed E-state index contributed by atoms with van der Waals surface area (Å²) in [7, 11) is 0. The molecule has 25 heavy (non-hydrogen) atoms. The van der Waals surface area contributed by atoms with E-state index in [1.165, 1.54) is 12.8 Å². The standard InChI is InChI=1S/C19H24Cl2N2O2/c20-14-9-10-16(21)17(11-14)23-19(25)13-7-5-12(6-8-13)18(24)22-15-3-1-2-4-15/h9-13,15H,1-8H2,(H,22,24)(H,23,25). The van der Waals surface area contributed by atoms with E-state index < -0.39 is 0 Å². The maximum Gasteiger partial charge on any atom is 0.227 e. The number of hydrogen-bond donors (Lipinski definition) is 2. The van der Waals surface area contributed by atoms with Gasteiger partial charge in [0.25, 0.3) is 0 Å². The summed E-state index contributed by atoms with van der Waals surface area (Å²) in [5, 5.41) is 7.05. The van der Waals surface area contributed by atoms with Gasteiger partial charge >= 0.3 is 0 Å². The predicted molar refractivity (Wildman–Crippen MR) is 101 cm³/mol. The van der Waals surface area contributed by atoms with Crippen LogP contribution in [0.3, 0.4) is 0 Å². The second-order valence-electron chi connectivity index (χ2n) is 7.15. The Balaban J connectivity index is 1.48. The van der Waals surface area contributed by atoms with Crippen LogP contribution in [-0.2, 0) is 9.59 Å². The number of hydrogen-bond acceptors (Lipinski definition) is 2. The predicted octanol–water partition coefficient (Wildman–Crippen LogP) is 4.80. The molecule has 6 heteroatoms. The molecule has 1 aromatic carbocycles. The van der Waals surface area contributed by atoms with Gasteiger partial charge in [0.15, 0.2) is 0 Å². The van der Waals surface area contributed by atoms with Crippen LogP contribution in [0.2, 0.25) is 10.0 Å². The highest BCUT2D eigenvalue weighted by atomic mass is 35.5. The van der Waals surface area contributed by atoms with Gasteiger partial charge in [-0.15, -0.1) is 0 Å². The highest BCUT2D eigenvalue weighted by Gasteiger charge is 2.31. The third-order valence-corrected chi connectivity index (χ3v) is 5.92. The van der Waals surface area contributed by atoms with Gasteiger partial charge in [-0.1, -0.05) is 36.0 Å².